The van der Waals surface area contributed by atoms with E-state index in [2.05, 4.69) is 5.32 Å². The van der Waals surface area contributed by atoms with Crippen molar-refractivity contribution in [3.8, 4) is 0 Å². The van der Waals surface area contributed by atoms with E-state index in [0.29, 0.717) is 13.0 Å². The fourth-order valence-electron chi connectivity index (χ4n) is 1.73. The number of carbonyl (C=O) groups is 2. The Morgan fingerprint density at radius 2 is 2.11 bits per heavy atom. The molecule has 5 heteroatoms. The van der Waals surface area contributed by atoms with Crippen molar-refractivity contribution < 1.29 is 19.1 Å². The molecular weight excluding hydrogens is 246 g/mol. The lowest BCUT2D eigenvalue weighted by atomic mass is 10.1. The van der Waals surface area contributed by atoms with E-state index in [4.69, 9.17) is 9.52 Å². The third kappa shape index (κ3) is 3.13. The van der Waals surface area contributed by atoms with Gasteiger partial charge >= 0.3 is 5.97 Å². The third-order valence-electron chi connectivity index (χ3n) is 2.91. The molecule has 2 aromatic rings. The number of hydrogen-bond donors (Lipinski definition) is 2. The van der Waals surface area contributed by atoms with Crippen molar-refractivity contribution in [1.29, 1.82) is 0 Å². The van der Waals surface area contributed by atoms with E-state index in [9.17, 15) is 9.59 Å². The summed E-state index contributed by atoms with van der Waals surface area (Å²) in [7, 11) is 0. The molecule has 1 amide bonds. The average molecular weight is 261 g/mol. The summed E-state index contributed by atoms with van der Waals surface area (Å²) in [6, 6.07) is 9.57. The van der Waals surface area contributed by atoms with Gasteiger partial charge in [-0.05, 0) is 19.1 Å². The van der Waals surface area contributed by atoms with Crippen molar-refractivity contribution >= 4 is 22.8 Å². The number of benzene rings is 1. The lowest BCUT2D eigenvalue weighted by Crippen LogP contribution is -2.34. The zero-order valence-electron chi connectivity index (χ0n) is 10.6. The number of furan rings is 1. The first-order chi connectivity index (χ1) is 9.08. The number of para-hydroxylation sites is 1. The van der Waals surface area contributed by atoms with Gasteiger partial charge in [-0.25, -0.2) is 0 Å². The number of carboxylic acids is 1. The van der Waals surface area contributed by atoms with Gasteiger partial charge in [-0.1, -0.05) is 18.2 Å². The number of fused-ring (bicyclic) bond motifs is 1. The number of amides is 1. The van der Waals surface area contributed by atoms with Crippen LogP contribution in [0.1, 0.15) is 12.7 Å². The van der Waals surface area contributed by atoms with E-state index >= 15 is 0 Å². The van der Waals surface area contributed by atoms with E-state index in [0.717, 1.165) is 16.7 Å². The molecule has 0 aliphatic heterocycles. The SMILES string of the molecule is CC(C(=O)O)C(=O)NCCc1cc2ccccc2o1. The molecule has 1 unspecified atom stereocenters. The Balaban J connectivity index is 1.89. The number of rotatable bonds is 5. The summed E-state index contributed by atoms with van der Waals surface area (Å²) >= 11 is 0. The van der Waals surface area contributed by atoms with Gasteiger partial charge in [0, 0.05) is 18.4 Å². The van der Waals surface area contributed by atoms with Crippen LogP contribution in [0.15, 0.2) is 34.7 Å². The number of nitrogens with one attached hydrogen (secondary N) is 1. The molecule has 1 aromatic carbocycles. The Morgan fingerprint density at radius 3 is 2.79 bits per heavy atom. The van der Waals surface area contributed by atoms with E-state index in [-0.39, 0.29) is 0 Å². The molecule has 0 bridgehead atoms. The highest BCUT2D eigenvalue weighted by molar-refractivity contribution is 5.96. The van der Waals surface area contributed by atoms with Gasteiger partial charge in [0.2, 0.25) is 5.91 Å². The molecule has 2 rings (SSSR count). The minimum atomic E-state index is -1.12. The second kappa shape index (κ2) is 5.56. The minimum absolute atomic E-state index is 0.357. The molecule has 0 saturated carbocycles. The molecular formula is C14H15NO4. The average Bonchev–Trinajstić information content (AvgIpc) is 2.80. The van der Waals surface area contributed by atoms with Crippen molar-refractivity contribution in [2.45, 2.75) is 13.3 Å². The van der Waals surface area contributed by atoms with Gasteiger partial charge in [-0.2, -0.15) is 0 Å². The number of carboxylic acid groups (broad SMARTS) is 1. The topological polar surface area (TPSA) is 79.5 Å². The van der Waals surface area contributed by atoms with E-state index in [1.54, 1.807) is 0 Å². The highest BCUT2D eigenvalue weighted by atomic mass is 16.4. The van der Waals surface area contributed by atoms with Gasteiger partial charge in [0.25, 0.3) is 0 Å². The predicted molar refractivity (Wildman–Crippen MR) is 69.7 cm³/mol. The molecule has 0 radical (unpaired) electrons. The van der Waals surface area contributed by atoms with Crippen LogP contribution in [0.25, 0.3) is 11.0 Å². The van der Waals surface area contributed by atoms with Crippen molar-refractivity contribution in [2.24, 2.45) is 5.92 Å². The molecule has 1 heterocycles. The molecule has 0 aliphatic carbocycles. The normalized spacial score (nSPS) is 12.3. The largest absolute Gasteiger partial charge is 0.481 e. The van der Waals surface area contributed by atoms with Crippen LogP contribution in [0.5, 0.6) is 0 Å². The zero-order valence-corrected chi connectivity index (χ0v) is 10.6. The summed E-state index contributed by atoms with van der Waals surface area (Å²) in [5.74, 6) is -1.87. The molecule has 0 spiro atoms. The van der Waals surface area contributed by atoms with Crippen LogP contribution in [-0.4, -0.2) is 23.5 Å². The molecule has 0 fully saturated rings. The van der Waals surface area contributed by atoms with Crippen molar-refractivity contribution in [1.82, 2.24) is 5.32 Å². The van der Waals surface area contributed by atoms with E-state index in [1.165, 1.54) is 6.92 Å². The van der Waals surface area contributed by atoms with Gasteiger partial charge in [-0.3, -0.25) is 9.59 Å². The molecule has 0 saturated heterocycles. The predicted octanol–water partition coefficient (Wildman–Crippen LogP) is 1.81. The summed E-state index contributed by atoms with van der Waals surface area (Å²) in [5.41, 5.74) is 0.808. The fourth-order valence-corrected chi connectivity index (χ4v) is 1.73. The number of carbonyl (C=O) groups excluding carboxylic acids is 1. The van der Waals surface area contributed by atoms with Gasteiger partial charge in [-0.15, -0.1) is 0 Å². The Kier molecular flexibility index (Phi) is 3.85. The van der Waals surface area contributed by atoms with Gasteiger partial charge in [0.15, 0.2) is 0 Å². The van der Waals surface area contributed by atoms with Crippen LogP contribution in [0.2, 0.25) is 0 Å². The Bertz CT molecular complexity index is 569. The van der Waals surface area contributed by atoms with Crippen LogP contribution >= 0.6 is 0 Å². The lowest BCUT2D eigenvalue weighted by Gasteiger charge is -2.06. The summed E-state index contributed by atoms with van der Waals surface area (Å²) < 4.78 is 5.59. The molecule has 2 N–H and O–H groups in total. The first-order valence-corrected chi connectivity index (χ1v) is 6.06. The van der Waals surface area contributed by atoms with Gasteiger partial charge < -0.3 is 14.8 Å². The highest BCUT2D eigenvalue weighted by Gasteiger charge is 2.19. The van der Waals surface area contributed by atoms with Crippen molar-refractivity contribution in [2.75, 3.05) is 6.54 Å². The van der Waals surface area contributed by atoms with Crippen LogP contribution < -0.4 is 5.32 Å². The quantitative estimate of drug-likeness (QED) is 0.804. The van der Waals surface area contributed by atoms with Crippen molar-refractivity contribution in [3.63, 3.8) is 0 Å². The third-order valence-corrected chi connectivity index (χ3v) is 2.91. The fraction of sp³-hybridized carbons (Fsp3) is 0.286. The maximum absolute atomic E-state index is 11.4. The smallest absolute Gasteiger partial charge is 0.315 e. The Hall–Kier alpha value is -2.30. The Morgan fingerprint density at radius 1 is 1.37 bits per heavy atom. The molecule has 0 aliphatic rings. The molecule has 100 valence electrons. The summed E-state index contributed by atoms with van der Waals surface area (Å²) in [6.07, 6.45) is 0.534. The molecule has 5 nitrogen and oxygen atoms in total. The van der Waals surface area contributed by atoms with Gasteiger partial charge in [0.05, 0.1) is 0 Å². The van der Waals surface area contributed by atoms with E-state index < -0.39 is 17.8 Å². The lowest BCUT2D eigenvalue weighted by molar-refractivity contribution is -0.146. The van der Waals surface area contributed by atoms with Crippen molar-refractivity contribution in [3.05, 3.63) is 36.1 Å². The standard InChI is InChI=1S/C14H15NO4/c1-9(14(17)18)13(16)15-7-6-11-8-10-4-2-3-5-12(10)19-11/h2-5,8-9H,6-7H2,1H3,(H,15,16)(H,17,18). The van der Waals surface area contributed by atoms with Crippen LogP contribution in [0.3, 0.4) is 0 Å². The highest BCUT2D eigenvalue weighted by Crippen LogP contribution is 2.18. The summed E-state index contributed by atoms with van der Waals surface area (Å²) in [5, 5.41) is 12.3. The Labute approximate surface area is 110 Å². The number of aliphatic carboxylic acids is 1. The molecule has 1 aromatic heterocycles. The minimum Gasteiger partial charge on any atom is -0.481 e. The maximum atomic E-state index is 11.4. The number of hydrogen-bond acceptors (Lipinski definition) is 3. The van der Waals surface area contributed by atoms with Gasteiger partial charge in [0.1, 0.15) is 17.3 Å². The maximum Gasteiger partial charge on any atom is 0.315 e. The zero-order chi connectivity index (χ0) is 13.8. The van der Waals surface area contributed by atoms with Crippen LogP contribution in [0, 0.1) is 5.92 Å². The summed E-state index contributed by atoms with van der Waals surface area (Å²) in [6.45, 7) is 1.72. The van der Waals surface area contributed by atoms with E-state index in [1.807, 2.05) is 30.3 Å². The monoisotopic (exact) mass is 261 g/mol. The summed E-state index contributed by atoms with van der Waals surface area (Å²) in [4.78, 5) is 22.0. The van der Waals surface area contributed by atoms with Crippen LogP contribution in [-0.2, 0) is 16.0 Å². The first kappa shape index (κ1) is 13.1. The second-order valence-electron chi connectivity index (χ2n) is 4.35. The first-order valence-electron chi connectivity index (χ1n) is 6.06. The molecule has 1 atom stereocenters. The van der Waals surface area contributed by atoms with Crippen LogP contribution in [0.4, 0.5) is 0 Å². The molecule has 19 heavy (non-hydrogen) atoms. The second-order valence-corrected chi connectivity index (χ2v) is 4.35.